The van der Waals surface area contributed by atoms with Gasteiger partial charge in [0.1, 0.15) is 0 Å². The van der Waals surface area contributed by atoms with Crippen molar-refractivity contribution < 1.29 is 14.6 Å². The number of rotatable bonds is 10. The molecule has 0 saturated carbocycles. The lowest BCUT2D eigenvalue weighted by molar-refractivity contribution is 0.155. The van der Waals surface area contributed by atoms with Crippen molar-refractivity contribution in [1.82, 2.24) is 15.5 Å². The molecule has 29 heavy (non-hydrogen) atoms. The molecule has 0 spiro atoms. The average molecular weight is 520 g/mol. The quantitative estimate of drug-likeness (QED) is 0.191. The van der Waals surface area contributed by atoms with Crippen molar-refractivity contribution in [3.05, 3.63) is 23.8 Å². The number of nitrogens with one attached hydrogen (secondary N) is 2. The molecule has 166 valence electrons. The van der Waals surface area contributed by atoms with Gasteiger partial charge in [-0.25, -0.2) is 4.99 Å². The smallest absolute Gasteiger partial charge is 0.191 e. The minimum Gasteiger partial charge on any atom is -0.504 e. The molecule has 0 amide bonds. The lowest BCUT2D eigenvalue weighted by Gasteiger charge is -2.33. The highest BCUT2D eigenvalue weighted by Crippen LogP contribution is 2.27. The predicted molar refractivity (Wildman–Crippen MR) is 129 cm³/mol. The third-order valence-corrected chi connectivity index (χ3v) is 4.84. The number of likely N-dealkylation sites (tertiary alicyclic amines) is 1. The minimum absolute atomic E-state index is 0. The highest BCUT2D eigenvalue weighted by Gasteiger charge is 2.19. The van der Waals surface area contributed by atoms with Crippen LogP contribution in [-0.4, -0.2) is 68.5 Å². The predicted octanol–water partition coefficient (Wildman–Crippen LogP) is 2.96. The Morgan fingerprint density at radius 3 is 2.69 bits per heavy atom. The standard InChI is InChI=1S/C21H36N4O3.HI/c1-4-22-21(23-16-17-7-8-19(26)20(15-17)28-5-2)24-18-9-12-25(13-10-18)11-6-14-27-3;/h7-8,15,18,26H,4-6,9-14,16H2,1-3H3,(H2,22,23,24);1H. The van der Waals surface area contributed by atoms with Crippen LogP contribution in [0.2, 0.25) is 0 Å². The van der Waals surface area contributed by atoms with E-state index in [1.807, 2.05) is 19.1 Å². The van der Waals surface area contributed by atoms with Crippen LogP contribution in [0.5, 0.6) is 11.5 Å². The van der Waals surface area contributed by atoms with Gasteiger partial charge in [0.25, 0.3) is 0 Å². The zero-order valence-corrected chi connectivity index (χ0v) is 20.3. The summed E-state index contributed by atoms with van der Waals surface area (Å²) in [5, 5.41) is 16.7. The normalized spacial score (nSPS) is 15.6. The maximum absolute atomic E-state index is 9.84. The lowest BCUT2D eigenvalue weighted by Crippen LogP contribution is -2.48. The molecule has 1 aliphatic rings. The number of hydrogen-bond donors (Lipinski definition) is 3. The third kappa shape index (κ3) is 9.39. The zero-order valence-electron chi connectivity index (χ0n) is 17.9. The van der Waals surface area contributed by atoms with Gasteiger partial charge in [0.2, 0.25) is 0 Å². The Morgan fingerprint density at radius 2 is 2.03 bits per heavy atom. The molecule has 0 bridgehead atoms. The molecule has 0 aromatic heterocycles. The molecule has 3 N–H and O–H groups in total. The second-order valence-corrected chi connectivity index (χ2v) is 7.04. The van der Waals surface area contributed by atoms with E-state index in [0.29, 0.717) is 24.9 Å². The van der Waals surface area contributed by atoms with Crippen LogP contribution in [0.1, 0.15) is 38.7 Å². The van der Waals surface area contributed by atoms with Gasteiger partial charge in [-0.2, -0.15) is 0 Å². The summed E-state index contributed by atoms with van der Waals surface area (Å²) in [6.07, 6.45) is 3.32. The van der Waals surface area contributed by atoms with E-state index >= 15 is 0 Å². The zero-order chi connectivity index (χ0) is 20.2. The van der Waals surface area contributed by atoms with E-state index in [9.17, 15) is 5.11 Å². The number of phenols is 1. The molecule has 2 rings (SSSR count). The fourth-order valence-corrected chi connectivity index (χ4v) is 3.35. The van der Waals surface area contributed by atoms with Crippen LogP contribution in [0.15, 0.2) is 23.2 Å². The van der Waals surface area contributed by atoms with Crippen molar-refractivity contribution in [2.45, 2.75) is 45.7 Å². The summed E-state index contributed by atoms with van der Waals surface area (Å²) in [5.41, 5.74) is 1.01. The molecule has 0 unspecified atom stereocenters. The molecule has 0 atom stereocenters. The van der Waals surface area contributed by atoms with Gasteiger partial charge >= 0.3 is 0 Å². The number of aromatic hydroxyl groups is 1. The number of benzene rings is 1. The highest BCUT2D eigenvalue weighted by atomic mass is 127. The van der Waals surface area contributed by atoms with E-state index in [0.717, 1.165) is 63.6 Å². The van der Waals surface area contributed by atoms with E-state index in [2.05, 4.69) is 22.5 Å². The fraction of sp³-hybridized carbons (Fsp3) is 0.667. The summed E-state index contributed by atoms with van der Waals surface area (Å²) in [6, 6.07) is 5.83. The van der Waals surface area contributed by atoms with E-state index < -0.39 is 0 Å². The van der Waals surface area contributed by atoms with Crippen LogP contribution in [0.3, 0.4) is 0 Å². The van der Waals surface area contributed by atoms with Crippen molar-refractivity contribution >= 4 is 29.9 Å². The van der Waals surface area contributed by atoms with Crippen molar-refractivity contribution in [2.24, 2.45) is 4.99 Å². The number of hydrogen-bond acceptors (Lipinski definition) is 5. The molecule has 8 heteroatoms. The van der Waals surface area contributed by atoms with Gasteiger partial charge in [-0.15, -0.1) is 24.0 Å². The number of piperidine rings is 1. The summed E-state index contributed by atoms with van der Waals surface area (Å²) in [7, 11) is 1.76. The van der Waals surface area contributed by atoms with Gasteiger partial charge in [-0.05, 0) is 50.8 Å². The molecule has 1 aromatic rings. The van der Waals surface area contributed by atoms with Gasteiger partial charge in [0.05, 0.1) is 13.2 Å². The van der Waals surface area contributed by atoms with Crippen LogP contribution >= 0.6 is 24.0 Å². The van der Waals surface area contributed by atoms with Crippen LogP contribution in [0.25, 0.3) is 0 Å². The molecule has 1 saturated heterocycles. The molecular formula is C21H37IN4O3. The molecule has 0 aliphatic carbocycles. The molecule has 1 heterocycles. The van der Waals surface area contributed by atoms with E-state index in [-0.39, 0.29) is 29.7 Å². The van der Waals surface area contributed by atoms with Crippen LogP contribution in [0, 0.1) is 0 Å². The summed E-state index contributed by atoms with van der Waals surface area (Å²) in [4.78, 5) is 7.22. The summed E-state index contributed by atoms with van der Waals surface area (Å²) in [6.45, 7) is 10.0. The van der Waals surface area contributed by atoms with Crippen LogP contribution in [-0.2, 0) is 11.3 Å². The highest BCUT2D eigenvalue weighted by molar-refractivity contribution is 14.0. The molecular weight excluding hydrogens is 483 g/mol. The van der Waals surface area contributed by atoms with E-state index in [1.165, 1.54) is 0 Å². The monoisotopic (exact) mass is 520 g/mol. The van der Waals surface area contributed by atoms with Crippen molar-refractivity contribution in [2.75, 3.05) is 46.5 Å². The first-order chi connectivity index (χ1) is 13.7. The Hall–Kier alpha value is -1.26. The number of methoxy groups -OCH3 is 1. The van der Waals surface area contributed by atoms with Gasteiger partial charge in [-0.1, -0.05) is 6.07 Å². The van der Waals surface area contributed by atoms with Crippen LogP contribution in [0.4, 0.5) is 0 Å². The summed E-state index contributed by atoms with van der Waals surface area (Å²) < 4.78 is 10.6. The number of halogens is 1. The summed E-state index contributed by atoms with van der Waals surface area (Å²) >= 11 is 0. The van der Waals surface area contributed by atoms with Gasteiger partial charge in [0.15, 0.2) is 17.5 Å². The molecule has 1 aromatic carbocycles. The van der Waals surface area contributed by atoms with Gasteiger partial charge in [0, 0.05) is 45.9 Å². The van der Waals surface area contributed by atoms with Gasteiger partial charge < -0.3 is 30.1 Å². The second kappa shape index (κ2) is 14.7. The molecule has 1 aliphatic heterocycles. The second-order valence-electron chi connectivity index (χ2n) is 7.04. The van der Waals surface area contributed by atoms with Crippen molar-refractivity contribution in [3.63, 3.8) is 0 Å². The average Bonchev–Trinajstić information content (AvgIpc) is 2.70. The Balaban J connectivity index is 0.00000420. The number of guanidine groups is 1. The maximum atomic E-state index is 9.84. The Labute approximate surface area is 192 Å². The minimum atomic E-state index is 0. The fourth-order valence-electron chi connectivity index (χ4n) is 3.35. The first-order valence-corrected chi connectivity index (χ1v) is 10.4. The first kappa shape index (κ1) is 25.8. The van der Waals surface area contributed by atoms with Crippen molar-refractivity contribution in [1.29, 1.82) is 0 Å². The molecule has 7 nitrogen and oxygen atoms in total. The SMILES string of the molecule is CCNC(=NCc1ccc(O)c(OCC)c1)NC1CCN(CCCOC)CC1.I. The maximum Gasteiger partial charge on any atom is 0.191 e. The van der Waals surface area contributed by atoms with E-state index in [1.54, 1.807) is 13.2 Å². The Morgan fingerprint density at radius 1 is 1.28 bits per heavy atom. The van der Waals surface area contributed by atoms with Gasteiger partial charge in [-0.3, -0.25) is 0 Å². The molecule has 1 fully saturated rings. The molecule has 0 radical (unpaired) electrons. The van der Waals surface area contributed by atoms with E-state index in [4.69, 9.17) is 14.5 Å². The topological polar surface area (TPSA) is 78.4 Å². The van der Waals surface area contributed by atoms with Crippen LogP contribution < -0.4 is 15.4 Å². The Kier molecular flexibility index (Phi) is 13.0. The first-order valence-electron chi connectivity index (χ1n) is 10.4. The van der Waals surface area contributed by atoms with Crippen molar-refractivity contribution in [3.8, 4) is 11.5 Å². The largest absolute Gasteiger partial charge is 0.504 e. The number of nitrogens with zero attached hydrogens (tertiary/aromatic N) is 2. The Bertz CT molecular complexity index is 608. The number of phenolic OH excluding ortho intramolecular Hbond substituents is 1. The lowest BCUT2D eigenvalue weighted by atomic mass is 10.1. The number of aliphatic imine (C=N–C) groups is 1. The number of ether oxygens (including phenoxy) is 2. The third-order valence-electron chi connectivity index (χ3n) is 4.84. The summed E-state index contributed by atoms with van der Waals surface area (Å²) in [5.74, 6) is 1.51.